The topological polar surface area (TPSA) is 12.0 Å². The second kappa shape index (κ2) is 8.26. The number of halogens is 2. The summed E-state index contributed by atoms with van der Waals surface area (Å²) in [7, 11) is 0. The molecule has 1 aliphatic rings. The Labute approximate surface area is 133 Å². The third-order valence-corrected chi connectivity index (χ3v) is 5.22. The van der Waals surface area contributed by atoms with E-state index in [2.05, 4.69) is 18.3 Å². The van der Waals surface area contributed by atoms with Crippen LogP contribution in [0.2, 0.25) is 10.0 Å². The lowest BCUT2D eigenvalue weighted by atomic mass is 9.84. The van der Waals surface area contributed by atoms with E-state index in [4.69, 9.17) is 23.2 Å². The maximum Gasteiger partial charge on any atom is 0.0595 e. The molecule has 2 rings (SSSR count). The van der Waals surface area contributed by atoms with Crippen LogP contribution in [0.4, 0.5) is 0 Å². The predicted octanol–water partition coefficient (Wildman–Crippen LogP) is 5.48. The zero-order valence-corrected chi connectivity index (χ0v) is 13.8. The normalized spacial score (nSPS) is 22.9. The molecule has 1 nitrogen and oxygen atoms in total. The quantitative estimate of drug-likeness (QED) is 0.685. The molecule has 1 fully saturated rings. The Morgan fingerprint density at radius 2 is 1.85 bits per heavy atom. The summed E-state index contributed by atoms with van der Waals surface area (Å²) < 4.78 is 0. The average molecular weight is 314 g/mol. The van der Waals surface area contributed by atoms with Crippen LogP contribution in [0.3, 0.4) is 0 Å². The number of hydrogen-bond acceptors (Lipinski definition) is 1. The zero-order valence-electron chi connectivity index (χ0n) is 12.3. The van der Waals surface area contributed by atoms with Crippen LogP contribution in [-0.2, 0) is 6.42 Å². The first-order chi connectivity index (χ1) is 9.69. The largest absolute Gasteiger partial charge is 0.314 e. The summed E-state index contributed by atoms with van der Waals surface area (Å²) >= 11 is 12.0. The summed E-state index contributed by atoms with van der Waals surface area (Å²) in [6.07, 6.45) is 9.09. The molecule has 0 radical (unpaired) electrons. The molecule has 1 aliphatic carbocycles. The Hall–Kier alpha value is -0.240. The smallest absolute Gasteiger partial charge is 0.0595 e. The summed E-state index contributed by atoms with van der Waals surface area (Å²) in [5, 5.41) is 5.01. The van der Waals surface area contributed by atoms with Gasteiger partial charge in [0.15, 0.2) is 0 Å². The van der Waals surface area contributed by atoms with Gasteiger partial charge < -0.3 is 5.32 Å². The lowest BCUT2D eigenvalue weighted by molar-refractivity contribution is 0.286. The molecule has 1 saturated carbocycles. The SMILES string of the molecule is CCC1CCC(NCCCc2ccc(Cl)c(Cl)c2)CC1. The Kier molecular flexibility index (Phi) is 6.67. The molecular formula is C17H25Cl2N. The van der Waals surface area contributed by atoms with Crippen molar-refractivity contribution in [2.75, 3.05) is 6.54 Å². The number of hydrogen-bond donors (Lipinski definition) is 1. The minimum absolute atomic E-state index is 0.640. The van der Waals surface area contributed by atoms with Gasteiger partial charge in [0.2, 0.25) is 0 Å². The van der Waals surface area contributed by atoms with Crippen LogP contribution < -0.4 is 5.32 Å². The average Bonchev–Trinajstić information content (AvgIpc) is 2.48. The molecule has 0 aliphatic heterocycles. The van der Waals surface area contributed by atoms with Crippen molar-refractivity contribution >= 4 is 23.2 Å². The van der Waals surface area contributed by atoms with Crippen LogP contribution in [-0.4, -0.2) is 12.6 Å². The summed E-state index contributed by atoms with van der Waals surface area (Å²) in [4.78, 5) is 0. The van der Waals surface area contributed by atoms with Crippen molar-refractivity contribution in [2.45, 2.75) is 57.9 Å². The van der Waals surface area contributed by atoms with Gasteiger partial charge in [-0.15, -0.1) is 0 Å². The van der Waals surface area contributed by atoms with E-state index in [-0.39, 0.29) is 0 Å². The van der Waals surface area contributed by atoms with E-state index in [9.17, 15) is 0 Å². The molecule has 0 amide bonds. The molecule has 0 heterocycles. The molecule has 0 spiro atoms. The van der Waals surface area contributed by atoms with Gasteiger partial charge in [0.1, 0.15) is 0 Å². The van der Waals surface area contributed by atoms with Crippen molar-refractivity contribution in [3.05, 3.63) is 33.8 Å². The molecule has 112 valence electrons. The van der Waals surface area contributed by atoms with Gasteiger partial charge in [-0.1, -0.05) is 42.6 Å². The first-order valence-corrected chi connectivity index (χ1v) is 8.62. The van der Waals surface area contributed by atoms with E-state index in [1.54, 1.807) is 0 Å². The Morgan fingerprint density at radius 3 is 2.50 bits per heavy atom. The molecular weight excluding hydrogens is 289 g/mol. The van der Waals surface area contributed by atoms with E-state index in [1.165, 1.54) is 37.7 Å². The molecule has 0 atom stereocenters. The summed E-state index contributed by atoms with van der Waals surface area (Å²) in [6.45, 7) is 3.41. The van der Waals surface area contributed by atoms with Crippen molar-refractivity contribution in [3.63, 3.8) is 0 Å². The van der Waals surface area contributed by atoms with Crippen molar-refractivity contribution in [1.82, 2.24) is 5.32 Å². The van der Waals surface area contributed by atoms with Crippen LogP contribution in [0.1, 0.15) is 51.0 Å². The number of nitrogens with one attached hydrogen (secondary N) is 1. The van der Waals surface area contributed by atoms with Crippen molar-refractivity contribution in [1.29, 1.82) is 0 Å². The maximum atomic E-state index is 6.03. The fraction of sp³-hybridized carbons (Fsp3) is 0.647. The Morgan fingerprint density at radius 1 is 1.10 bits per heavy atom. The molecule has 1 aromatic carbocycles. The lowest BCUT2D eigenvalue weighted by Gasteiger charge is -2.28. The van der Waals surface area contributed by atoms with Gasteiger partial charge in [0.05, 0.1) is 10.0 Å². The number of benzene rings is 1. The van der Waals surface area contributed by atoms with E-state index in [0.29, 0.717) is 10.0 Å². The fourth-order valence-corrected chi connectivity index (χ4v) is 3.39. The zero-order chi connectivity index (χ0) is 14.4. The first-order valence-electron chi connectivity index (χ1n) is 7.86. The molecule has 0 unspecified atom stereocenters. The van der Waals surface area contributed by atoms with Gasteiger partial charge >= 0.3 is 0 Å². The van der Waals surface area contributed by atoms with Crippen LogP contribution >= 0.6 is 23.2 Å². The third kappa shape index (κ3) is 4.95. The van der Waals surface area contributed by atoms with Crippen LogP contribution in [0, 0.1) is 5.92 Å². The van der Waals surface area contributed by atoms with Gasteiger partial charge in [-0.05, 0) is 68.7 Å². The van der Waals surface area contributed by atoms with Crippen molar-refractivity contribution in [3.8, 4) is 0 Å². The first kappa shape index (κ1) is 16.1. The second-order valence-corrected chi connectivity index (χ2v) is 6.75. The van der Waals surface area contributed by atoms with E-state index < -0.39 is 0 Å². The molecule has 1 N–H and O–H groups in total. The minimum Gasteiger partial charge on any atom is -0.314 e. The van der Waals surface area contributed by atoms with Gasteiger partial charge in [0, 0.05) is 6.04 Å². The molecule has 3 heteroatoms. The van der Waals surface area contributed by atoms with E-state index >= 15 is 0 Å². The van der Waals surface area contributed by atoms with Crippen LogP contribution in [0.5, 0.6) is 0 Å². The van der Waals surface area contributed by atoms with Gasteiger partial charge in [-0.25, -0.2) is 0 Å². The van der Waals surface area contributed by atoms with Crippen molar-refractivity contribution < 1.29 is 0 Å². The summed E-state index contributed by atoms with van der Waals surface area (Å²) in [5.41, 5.74) is 1.27. The van der Waals surface area contributed by atoms with Gasteiger partial charge in [0.25, 0.3) is 0 Å². The fourth-order valence-electron chi connectivity index (χ4n) is 3.07. The third-order valence-electron chi connectivity index (χ3n) is 4.48. The highest BCUT2D eigenvalue weighted by atomic mass is 35.5. The molecule has 20 heavy (non-hydrogen) atoms. The second-order valence-electron chi connectivity index (χ2n) is 5.93. The Bertz CT molecular complexity index is 411. The number of rotatable bonds is 6. The molecule has 0 aromatic heterocycles. The highest BCUT2D eigenvalue weighted by Gasteiger charge is 2.18. The van der Waals surface area contributed by atoms with Crippen LogP contribution in [0.25, 0.3) is 0 Å². The monoisotopic (exact) mass is 313 g/mol. The van der Waals surface area contributed by atoms with Crippen molar-refractivity contribution in [2.24, 2.45) is 5.92 Å². The minimum atomic E-state index is 0.640. The van der Waals surface area contributed by atoms with E-state index in [0.717, 1.165) is 31.3 Å². The Balaban J connectivity index is 1.63. The highest BCUT2D eigenvalue weighted by Crippen LogP contribution is 2.26. The predicted molar refractivity (Wildman–Crippen MR) is 88.8 cm³/mol. The summed E-state index contributed by atoms with van der Waals surface area (Å²) in [6, 6.07) is 6.68. The lowest BCUT2D eigenvalue weighted by Crippen LogP contribution is -2.33. The molecule has 1 aromatic rings. The van der Waals surface area contributed by atoms with Gasteiger partial charge in [-0.3, -0.25) is 0 Å². The summed E-state index contributed by atoms with van der Waals surface area (Å²) in [5.74, 6) is 0.976. The molecule has 0 saturated heterocycles. The van der Waals surface area contributed by atoms with E-state index in [1.807, 2.05) is 12.1 Å². The standard InChI is InChI=1S/C17H25Cl2N/c1-2-13-5-8-15(9-6-13)20-11-3-4-14-7-10-16(18)17(19)12-14/h7,10,12-13,15,20H,2-6,8-9,11H2,1H3. The van der Waals surface area contributed by atoms with Crippen LogP contribution in [0.15, 0.2) is 18.2 Å². The molecule has 0 bridgehead atoms. The van der Waals surface area contributed by atoms with Gasteiger partial charge in [-0.2, -0.15) is 0 Å². The maximum absolute atomic E-state index is 6.03. The highest BCUT2D eigenvalue weighted by molar-refractivity contribution is 6.42. The number of aryl methyl sites for hydroxylation is 1.